The number of carbonyl (C=O) groups is 2. The lowest BCUT2D eigenvalue weighted by atomic mass is 9.89. The molecule has 174 valence electrons. The Morgan fingerprint density at radius 1 is 1.18 bits per heavy atom. The smallest absolute Gasteiger partial charge is 0.289 e. The molecule has 1 aliphatic heterocycles. The first-order valence-electron chi connectivity index (χ1n) is 11.8. The van der Waals surface area contributed by atoms with Crippen LogP contribution < -0.4 is 5.32 Å². The van der Waals surface area contributed by atoms with Gasteiger partial charge in [-0.1, -0.05) is 48.9 Å². The van der Waals surface area contributed by atoms with Crippen LogP contribution in [0.4, 0.5) is 4.39 Å². The quantitative estimate of drug-likeness (QED) is 0.633. The Morgan fingerprint density at radius 3 is 2.76 bits per heavy atom. The van der Waals surface area contributed by atoms with E-state index in [0.29, 0.717) is 5.56 Å². The molecule has 2 fully saturated rings. The predicted octanol–water partition coefficient (Wildman–Crippen LogP) is 4.47. The van der Waals surface area contributed by atoms with Crippen LogP contribution in [0.2, 0.25) is 0 Å². The zero-order valence-electron chi connectivity index (χ0n) is 19.0. The highest BCUT2D eigenvalue weighted by atomic mass is 19.1. The maximum Gasteiger partial charge on any atom is 0.289 e. The van der Waals surface area contributed by atoms with Crippen LogP contribution in [-0.4, -0.2) is 41.4 Å². The van der Waals surface area contributed by atoms with Gasteiger partial charge in [0.2, 0.25) is 5.91 Å². The third kappa shape index (κ3) is 6.01. The van der Waals surface area contributed by atoms with E-state index in [0.717, 1.165) is 38.5 Å². The van der Waals surface area contributed by atoms with Gasteiger partial charge in [0, 0.05) is 6.04 Å². The highest BCUT2D eigenvalue weighted by molar-refractivity contribution is 5.98. The molecule has 1 N–H and O–H groups in total. The maximum absolute atomic E-state index is 13.6. The standard InChI is InChI=1S/C27H31FN2O3/c1-19(14-15-20-8-3-2-4-9-20)29-26(31)18-30-23-12-5-6-13-24(23)33-25(27(30)32)17-21-10-7-11-22(28)16-21/h2-4,7-11,16-17,19,23-24H,5-6,12-15,18H2,1H3,(H,29,31)/b25-17+. The minimum atomic E-state index is -0.371. The molecule has 2 aromatic rings. The van der Waals surface area contributed by atoms with E-state index < -0.39 is 0 Å². The highest BCUT2D eigenvalue weighted by Crippen LogP contribution is 2.33. The van der Waals surface area contributed by atoms with Gasteiger partial charge in [0.1, 0.15) is 18.5 Å². The highest BCUT2D eigenvalue weighted by Gasteiger charge is 2.42. The second-order valence-corrected chi connectivity index (χ2v) is 9.00. The zero-order chi connectivity index (χ0) is 23.2. The number of benzene rings is 2. The number of hydrogen-bond donors (Lipinski definition) is 1. The minimum absolute atomic E-state index is 0.000468. The van der Waals surface area contributed by atoms with Crippen LogP contribution in [0.25, 0.3) is 6.08 Å². The molecule has 0 aromatic heterocycles. The molecule has 1 heterocycles. The molecule has 1 saturated carbocycles. The fourth-order valence-corrected chi connectivity index (χ4v) is 4.68. The van der Waals surface area contributed by atoms with Crippen LogP contribution in [0.5, 0.6) is 0 Å². The third-order valence-electron chi connectivity index (χ3n) is 6.39. The molecule has 2 amide bonds. The van der Waals surface area contributed by atoms with E-state index in [1.165, 1.54) is 17.7 Å². The molecular formula is C27H31FN2O3. The minimum Gasteiger partial charge on any atom is -0.482 e. The molecule has 3 unspecified atom stereocenters. The molecule has 6 heteroatoms. The van der Waals surface area contributed by atoms with Crippen LogP contribution in [0.3, 0.4) is 0 Å². The number of carbonyl (C=O) groups excluding carboxylic acids is 2. The van der Waals surface area contributed by atoms with E-state index in [9.17, 15) is 14.0 Å². The molecule has 2 aromatic carbocycles. The maximum atomic E-state index is 13.6. The van der Waals surface area contributed by atoms with E-state index >= 15 is 0 Å². The first kappa shape index (κ1) is 23.0. The van der Waals surface area contributed by atoms with Crippen LogP contribution >= 0.6 is 0 Å². The Hall–Kier alpha value is -3.15. The van der Waals surface area contributed by atoms with Crippen molar-refractivity contribution < 1.29 is 18.7 Å². The first-order valence-corrected chi connectivity index (χ1v) is 11.8. The number of hydrogen-bond acceptors (Lipinski definition) is 3. The molecular weight excluding hydrogens is 419 g/mol. The summed E-state index contributed by atoms with van der Waals surface area (Å²) in [5.41, 5.74) is 1.80. The normalized spacial score (nSPS) is 22.4. The zero-order valence-corrected chi connectivity index (χ0v) is 19.0. The van der Waals surface area contributed by atoms with Gasteiger partial charge in [-0.2, -0.15) is 0 Å². The number of rotatable bonds is 7. The van der Waals surface area contributed by atoms with Gasteiger partial charge in [0.05, 0.1) is 6.04 Å². The van der Waals surface area contributed by atoms with Crippen molar-refractivity contribution in [1.29, 1.82) is 0 Å². The molecule has 2 aliphatic rings. The summed E-state index contributed by atoms with van der Waals surface area (Å²) in [6.07, 6.45) is 6.83. The summed E-state index contributed by atoms with van der Waals surface area (Å²) in [5, 5.41) is 3.04. The Morgan fingerprint density at radius 2 is 1.97 bits per heavy atom. The lowest BCUT2D eigenvalue weighted by molar-refractivity contribution is -0.152. The van der Waals surface area contributed by atoms with Gasteiger partial charge in [-0.05, 0) is 68.4 Å². The lowest BCUT2D eigenvalue weighted by Crippen LogP contribution is -2.57. The number of aryl methyl sites for hydroxylation is 1. The molecule has 4 rings (SSSR count). The van der Waals surface area contributed by atoms with Gasteiger partial charge < -0.3 is 15.0 Å². The van der Waals surface area contributed by atoms with Crippen molar-refractivity contribution in [3.8, 4) is 0 Å². The van der Waals surface area contributed by atoms with Crippen molar-refractivity contribution in [1.82, 2.24) is 10.2 Å². The fraction of sp³-hybridized carbons (Fsp3) is 0.407. The number of morpholine rings is 1. The second kappa shape index (κ2) is 10.6. The van der Waals surface area contributed by atoms with Gasteiger partial charge in [0.25, 0.3) is 5.91 Å². The molecule has 33 heavy (non-hydrogen) atoms. The molecule has 5 nitrogen and oxygen atoms in total. The number of fused-ring (bicyclic) bond motifs is 1. The fourth-order valence-electron chi connectivity index (χ4n) is 4.68. The van der Waals surface area contributed by atoms with Crippen molar-refractivity contribution >= 4 is 17.9 Å². The lowest BCUT2D eigenvalue weighted by Gasteiger charge is -2.44. The molecule has 0 radical (unpaired) electrons. The largest absolute Gasteiger partial charge is 0.482 e. The molecule has 0 spiro atoms. The number of nitrogens with zero attached hydrogens (tertiary/aromatic N) is 1. The van der Waals surface area contributed by atoms with E-state index in [-0.39, 0.29) is 48.1 Å². The number of nitrogens with one attached hydrogen (secondary N) is 1. The number of halogens is 1. The van der Waals surface area contributed by atoms with Crippen LogP contribution in [0, 0.1) is 5.82 Å². The van der Waals surface area contributed by atoms with Gasteiger partial charge in [-0.3, -0.25) is 9.59 Å². The Bertz CT molecular complexity index is 1010. The van der Waals surface area contributed by atoms with Gasteiger partial charge in [0.15, 0.2) is 5.76 Å². The monoisotopic (exact) mass is 450 g/mol. The van der Waals surface area contributed by atoms with E-state index in [1.807, 2.05) is 25.1 Å². The van der Waals surface area contributed by atoms with Gasteiger partial charge >= 0.3 is 0 Å². The van der Waals surface area contributed by atoms with Crippen molar-refractivity contribution in [2.45, 2.75) is 63.6 Å². The van der Waals surface area contributed by atoms with Crippen molar-refractivity contribution in [2.75, 3.05) is 6.54 Å². The Labute approximate surface area is 194 Å². The van der Waals surface area contributed by atoms with Crippen molar-refractivity contribution in [2.24, 2.45) is 0 Å². The van der Waals surface area contributed by atoms with Crippen molar-refractivity contribution in [3.63, 3.8) is 0 Å². The topological polar surface area (TPSA) is 58.6 Å². The van der Waals surface area contributed by atoms with Crippen molar-refractivity contribution in [3.05, 3.63) is 77.3 Å². The average Bonchev–Trinajstić information content (AvgIpc) is 2.81. The summed E-state index contributed by atoms with van der Waals surface area (Å²) in [4.78, 5) is 27.8. The number of ether oxygens (including phenoxy) is 1. The summed E-state index contributed by atoms with van der Waals surface area (Å²) < 4.78 is 19.7. The van der Waals surface area contributed by atoms with E-state index in [4.69, 9.17) is 4.74 Å². The average molecular weight is 451 g/mol. The third-order valence-corrected chi connectivity index (χ3v) is 6.39. The first-order chi connectivity index (χ1) is 16.0. The van der Waals surface area contributed by atoms with E-state index in [2.05, 4.69) is 17.4 Å². The second-order valence-electron chi connectivity index (χ2n) is 9.00. The molecule has 1 aliphatic carbocycles. The molecule has 3 atom stereocenters. The summed E-state index contributed by atoms with van der Waals surface area (Å²) in [6, 6.07) is 16.1. The van der Waals surface area contributed by atoms with Crippen LogP contribution in [0.15, 0.2) is 60.4 Å². The number of amides is 2. The summed E-state index contributed by atoms with van der Waals surface area (Å²) in [5.74, 6) is -0.674. The van der Waals surface area contributed by atoms with Gasteiger partial charge in [-0.15, -0.1) is 0 Å². The Balaban J connectivity index is 1.42. The van der Waals surface area contributed by atoms with E-state index in [1.54, 1.807) is 23.1 Å². The molecule has 1 saturated heterocycles. The van der Waals surface area contributed by atoms with Gasteiger partial charge in [-0.25, -0.2) is 4.39 Å². The Kier molecular flexibility index (Phi) is 7.43. The SMILES string of the molecule is CC(CCc1ccccc1)NC(=O)CN1C(=O)/C(=C\c2cccc(F)c2)OC2CCCCC21. The summed E-state index contributed by atoms with van der Waals surface area (Å²) >= 11 is 0. The predicted molar refractivity (Wildman–Crippen MR) is 126 cm³/mol. The summed E-state index contributed by atoms with van der Waals surface area (Å²) in [6.45, 7) is 1.99. The van der Waals surface area contributed by atoms with Crippen LogP contribution in [0.1, 0.15) is 50.2 Å². The van der Waals surface area contributed by atoms with Crippen LogP contribution in [-0.2, 0) is 20.7 Å². The molecule has 0 bridgehead atoms. The summed E-state index contributed by atoms with van der Waals surface area (Å²) in [7, 11) is 0.